The molecule has 3 rings (SSSR count). The Hall–Kier alpha value is -1.65. The van der Waals surface area contributed by atoms with Gasteiger partial charge in [-0.05, 0) is 42.6 Å². The molecular formula is C20H23BrN2O. The van der Waals surface area contributed by atoms with Crippen LogP contribution in [0.2, 0.25) is 0 Å². The molecule has 1 saturated heterocycles. The molecule has 0 radical (unpaired) electrons. The number of piperidine rings is 1. The number of carbonyl (C=O) groups is 1. The minimum atomic E-state index is 0.0922. The molecule has 2 aromatic carbocycles. The van der Waals surface area contributed by atoms with Crippen molar-refractivity contribution in [1.82, 2.24) is 10.2 Å². The summed E-state index contributed by atoms with van der Waals surface area (Å²) in [6, 6.07) is 18.5. The van der Waals surface area contributed by atoms with Crippen LogP contribution in [-0.4, -0.2) is 23.9 Å². The Morgan fingerprint density at radius 3 is 2.71 bits per heavy atom. The maximum Gasteiger partial charge on any atom is 0.224 e. The highest BCUT2D eigenvalue weighted by atomic mass is 79.9. The molecule has 24 heavy (non-hydrogen) atoms. The van der Waals surface area contributed by atoms with Crippen LogP contribution in [0, 0.1) is 5.92 Å². The summed E-state index contributed by atoms with van der Waals surface area (Å²) in [4.78, 5) is 14.9. The normalized spacial score (nSPS) is 18.3. The van der Waals surface area contributed by atoms with Crippen LogP contribution in [0.1, 0.15) is 24.0 Å². The molecule has 1 unspecified atom stereocenters. The third-order valence-corrected chi connectivity index (χ3v) is 4.97. The molecule has 1 heterocycles. The number of nitrogens with zero attached hydrogens (tertiary/aromatic N) is 1. The summed E-state index contributed by atoms with van der Waals surface area (Å²) in [6.45, 7) is 3.44. The van der Waals surface area contributed by atoms with Crippen molar-refractivity contribution < 1.29 is 4.79 Å². The van der Waals surface area contributed by atoms with Crippen LogP contribution in [0.25, 0.3) is 0 Å². The van der Waals surface area contributed by atoms with Crippen molar-refractivity contribution in [3.63, 3.8) is 0 Å². The molecule has 1 amide bonds. The Labute approximate surface area is 152 Å². The first kappa shape index (κ1) is 17.2. The number of carbonyl (C=O) groups excluding carboxylic acids is 1. The lowest BCUT2D eigenvalue weighted by atomic mass is 9.96. The lowest BCUT2D eigenvalue weighted by Crippen LogP contribution is -2.42. The predicted octanol–water partition coefficient (Wildman–Crippen LogP) is 3.98. The molecule has 3 nitrogen and oxygen atoms in total. The van der Waals surface area contributed by atoms with E-state index in [0.29, 0.717) is 6.54 Å². The lowest BCUT2D eigenvalue weighted by molar-refractivity contribution is -0.126. The Morgan fingerprint density at radius 2 is 1.92 bits per heavy atom. The molecule has 0 spiro atoms. The summed E-state index contributed by atoms with van der Waals surface area (Å²) < 4.78 is 1.04. The number of benzene rings is 2. The van der Waals surface area contributed by atoms with Gasteiger partial charge in [-0.3, -0.25) is 9.69 Å². The van der Waals surface area contributed by atoms with Crippen LogP contribution in [0.15, 0.2) is 59.1 Å². The number of hydrogen-bond acceptors (Lipinski definition) is 2. The van der Waals surface area contributed by atoms with Crippen molar-refractivity contribution in [1.29, 1.82) is 0 Å². The molecular weight excluding hydrogens is 364 g/mol. The number of halogens is 1. The summed E-state index contributed by atoms with van der Waals surface area (Å²) in [5.74, 6) is 0.266. The Balaban J connectivity index is 1.51. The smallest absolute Gasteiger partial charge is 0.224 e. The van der Waals surface area contributed by atoms with Gasteiger partial charge in [0.15, 0.2) is 0 Å². The van der Waals surface area contributed by atoms with Crippen molar-refractivity contribution in [3.8, 4) is 0 Å². The first-order chi connectivity index (χ1) is 11.7. The van der Waals surface area contributed by atoms with Crippen LogP contribution in [0.4, 0.5) is 0 Å². The van der Waals surface area contributed by atoms with Gasteiger partial charge in [-0.1, -0.05) is 58.4 Å². The number of nitrogens with one attached hydrogen (secondary N) is 1. The van der Waals surface area contributed by atoms with Gasteiger partial charge in [0, 0.05) is 24.1 Å². The van der Waals surface area contributed by atoms with Gasteiger partial charge in [-0.25, -0.2) is 0 Å². The van der Waals surface area contributed by atoms with Gasteiger partial charge in [-0.15, -0.1) is 0 Å². The number of amides is 1. The SMILES string of the molecule is O=C(NCc1cccc(Br)c1)C1CCCN(Cc2ccccc2)C1. The molecule has 1 aliphatic rings. The van der Waals surface area contributed by atoms with Crippen LogP contribution >= 0.6 is 15.9 Å². The number of hydrogen-bond donors (Lipinski definition) is 1. The van der Waals surface area contributed by atoms with Crippen molar-refractivity contribution in [2.24, 2.45) is 5.92 Å². The fourth-order valence-electron chi connectivity index (χ4n) is 3.24. The van der Waals surface area contributed by atoms with Crippen LogP contribution in [-0.2, 0) is 17.9 Å². The minimum absolute atomic E-state index is 0.0922. The van der Waals surface area contributed by atoms with E-state index in [-0.39, 0.29) is 11.8 Å². The predicted molar refractivity (Wildman–Crippen MR) is 100 cm³/mol. The maximum absolute atomic E-state index is 12.5. The quantitative estimate of drug-likeness (QED) is 0.842. The van der Waals surface area contributed by atoms with Gasteiger partial charge in [0.2, 0.25) is 5.91 Å². The fourth-order valence-corrected chi connectivity index (χ4v) is 3.68. The molecule has 2 aromatic rings. The first-order valence-electron chi connectivity index (χ1n) is 8.49. The Kier molecular flexibility index (Phi) is 6.05. The van der Waals surface area contributed by atoms with E-state index in [0.717, 1.165) is 42.5 Å². The largest absolute Gasteiger partial charge is 0.352 e. The average Bonchev–Trinajstić information content (AvgIpc) is 2.61. The van der Waals surface area contributed by atoms with Crippen molar-refractivity contribution in [2.45, 2.75) is 25.9 Å². The Bertz CT molecular complexity index is 674. The molecule has 1 atom stereocenters. The fraction of sp³-hybridized carbons (Fsp3) is 0.350. The molecule has 0 bridgehead atoms. The van der Waals surface area contributed by atoms with Gasteiger partial charge in [-0.2, -0.15) is 0 Å². The summed E-state index contributed by atoms with van der Waals surface area (Å²) >= 11 is 3.47. The third-order valence-electron chi connectivity index (χ3n) is 4.48. The number of likely N-dealkylation sites (tertiary alicyclic amines) is 1. The summed E-state index contributed by atoms with van der Waals surface area (Å²) in [5, 5.41) is 3.09. The van der Waals surface area contributed by atoms with Gasteiger partial charge in [0.05, 0.1) is 5.92 Å². The molecule has 1 N–H and O–H groups in total. The monoisotopic (exact) mass is 386 g/mol. The highest BCUT2D eigenvalue weighted by Crippen LogP contribution is 2.19. The average molecular weight is 387 g/mol. The van der Waals surface area contributed by atoms with E-state index in [9.17, 15) is 4.79 Å². The number of rotatable bonds is 5. The molecule has 0 aromatic heterocycles. The van der Waals surface area contributed by atoms with Gasteiger partial charge in [0.25, 0.3) is 0 Å². The van der Waals surface area contributed by atoms with Gasteiger partial charge >= 0.3 is 0 Å². The highest BCUT2D eigenvalue weighted by molar-refractivity contribution is 9.10. The van der Waals surface area contributed by atoms with Gasteiger partial charge < -0.3 is 5.32 Å². The van der Waals surface area contributed by atoms with Crippen molar-refractivity contribution >= 4 is 21.8 Å². The topological polar surface area (TPSA) is 32.3 Å². The molecule has 0 saturated carbocycles. The first-order valence-corrected chi connectivity index (χ1v) is 9.28. The van der Waals surface area contributed by atoms with Crippen LogP contribution < -0.4 is 5.32 Å². The second-order valence-electron chi connectivity index (χ2n) is 6.41. The second-order valence-corrected chi connectivity index (χ2v) is 7.32. The van der Waals surface area contributed by atoms with E-state index in [4.69, 9.17) is 0 Å². The van der Waals surface area contributed by atoms with E-state index in [1.807, 2.05) is 30.3 Å². The minimum Gasteiger partial charge on any atom is -0.352 e. The summed E-state index contributed by atoms with van der Waals surface area (Å²) in [5.41, 5.74) is 2.43. The van der Waals surface area contributed by atoms with E-state index < -0.39 is 0 Å². The van der Waals surface area contributed by atoms with E-state index >= 15 is 0 Å². The highest BCUT2D eigenvalue weighted by Gasteiger charge is 2.25. The molecule has 126 valence electrons. The second kappa shape index (κ2) is 8.45. The zero-order valence-corrected chi connectivity index (χ0v) is 15.3. The maximum atomic E-state index is 12.5. The van der Waals surface area contributed by atoms with E-state index in [1.165, 1.54) is 5.56 Å². The van der Waals surface area contributed by atoms with Gasteiger partial charge in [0.1, 0.15) is 0 Å². The molecule has 1 aliphatic heterocycles. The summed E-state index contributed by atoms with van der Waals surface area (Å²) in [7, 11) is 0. The zero-order valence-electron chi connectivity index (χ0n) is 13.7. The molecule has 4 heteroatoms. The lowest BCUT2D eigenvalue weighted by Gasteiger charge is -2.32. The standard InChI is InChI=1S/C20H23BrN2O/c21-19-10-4-8-17(12-19)13-22-20(24)18-9-5-11-23(15-18)14-16-6-2-1-3-7-16/h1-4,6-8,10,12,18H,5,9,11,13-15H2,(H,22,24). The summed E-state index contributed by atoms with van der Waals surface area (Å²) in [6.07, 6.45) is 2.07. The van der Waals surface area contributed by atoms with Crippen LogP contribution in [0.3, 0.4) is 0 Å². The van der Waals surface area contributed by atoms with E-state index in [1.54, 1.807) is 0 Å². The van der Waals surface area contributed by atoms with Crippen molar-refractivity contribution in [2.75, 3.05) is 13.1 Å². The van der Waals surface area contributed by atoms with Crippen LogP contribution in [0.5, 0.6) is 0 Å². The van der Waals surface area contributed by atoms with Crippen molar-refractivity contribution in [3.05, 3.63) is 70.2 Å². The zero-order chi connectivity index (χ0) is 16.8. The Morgan fingerprint density at radius 1 is 1.12 bits per heavy atom. The third kappa shape index (κ3) is 4.92. The van der Waals surface area contributed by atoms with E-state index in [2.05, 4.69) is 50.4 Å². The molecule has 0 aliphatic carbocycles. The molecule has 1 fully saturated rings.